The summed E-state index contributed by atoms with van der Waals surface area (Å²) in [6, 6.07) is 3.76. The monoisotopic (exact) mass is 266 g/mol. The van der Waals surface area contributed by atoms with Crippen molar-refractivity contribution in [3.05, 3.63) is 39.7 Å². The Bertz CT molecular complexity index is 519. The van der Waals surface area contributed by atoms with E-state index in [0.29, 0.717) is 18.7 Å². The fourth-order valence-electron chi connectivity index (χ4n) is 2.31. The Hall–Kier alpha value is -1.98. The zero-order valence-electron chi connectivity index (χ0n) is 10.6. The van der Waals surface area contributed by atoms with Crippen LogP contribution in [-0.2, 0) is 11.3 Å². The first-order valence-electron chi connectivity index (χ1n) is 6.20. The van der Waals surface area contributed by atoms with Crippen LogP contribution >= 0.6 is 0 Å². The number of likely N-dealkylation sites (tertiary alicyclic amines) is 1. The Balaban J connectivity index is 2.13. The molecule has 1 atom stereocenters. The first-order chi connectivity index (χ1) is 8.99. The van der Waals surface area contributed by atoms with E-state index in [1.54, 1.807) is 4.90 Å². The molecule has 1 heterocycles. The molecule has 5 nitrogen and oxygen atoms in total. The number of nitrogens with zero attached hydrogens (tertiary/aromatic N) is 2. The lowest BCUT2D eigenvalue weighted by Gasteiger charge is -2.30. The van der Waals surface area contributed by atoms with Gasteiger partial charge in [0.2, 0.25) is 11.7 Å². The summed E-state index contributed by atoms with van der Waals surface area (Å²) in [4.78, 5) is 23.4. The number of halogens is 1. The number of carbonyl (C=O) groups is 1. The second-order valence-electron chi connectivity index (χ2n) is 4.85. The van der Waals surface area contributed by atoms with Crippen molar-refractivity contribution in [3.8, 4) is 0 Å². The van der Waals surface area contributed by atoms with Crippen LogP contribution in [0.5, 0.6) is 0 Å². The highest BCUT2D eigenvalue weighted by Gasteiger charge is 2.25. The molecule has 0 bridgehead atoms. The summed E-state index contributed by atoms with van der Waals surface area (Å²) in [5.41, 5.74) is 0.0349. The molecule has 19 heavy (non-hydrogen) atoms. The molecule has 1 amide bonds. The van der Waals surface area contributed by atoms with E-state index in [1.807, 2.05) is 6.92 Å². The van der Waals surface area contributed by atoms with Gasteiger partial charge in [0.1, 0.15) is 0 Å². The molecule has 6 heteroatoms. The van der Waals surface area contributed by atoms with Crippen LogP contribution in [0.3, 0.4) is 0 Å². The van der Waals surface area contributed by atoms with E-state index >= 15 is 0 Å². The highest BCUT2D eigenvalue weighted by Crippen LogP contribution is 2.22. The van der Waals surface area contributed by atoms with E-state index < -0.39 is 16.4 Å². The van der Waals surface area contributed by atoms with Crippen LogP contribution in [-0.4, -0.2) is 22.3 Å². The molecule has 1 saturated heterocycles. The molecular formula is C13H15FN2O3. The Labute approximate surface area is 110 Å². The van der Waals surface area contributed by atoms with Gasteiger partial charge in [-0.05, 0) is 24.5 Å². The first-order valence-corrected chi connectivity index (χ1v) is 6.20. The molecular weight excluding hydrogens is 251 g/mol. The molecule has 0 N–H and O–H groups in total. The van der Waals surface area contributed by atoms with E-state index in [1.165, 1.54) is 6.07 Å². The lowest BCUT2D eigenvalue weighted by atomic mass is 9.98. The van der Waals surface area contributed by atoms with Gasteiger partial charge in [0.15, 0.2) is 0 Å². The highest BCUT2D eigenvalue weighted by molar-refractivity contribution is 5.79. The molecule has 0 radical (unpaired) electrons. The summed E-state index contributed by atoms with van der Waals surface area (Å²) < 4.78 is 13.5. The molecule has 1 aromatic carbocycles. The van der Waals surface area contributed by atoms with Crippen LogP contribution in [0.15, 0.2) is 18.2 Å². The number of hydrogen-bond acceptors (Lipinski definition) is 3. The number of carbonyl (C=O) groups excluding carboxylic acids is 1. The number of hydrogen-bond donors (Lipinski definition) is 0. The van der Waals surface area contributed by atoms with E-state index in [4.69, 9.17) is 0 Å². The largest absolute Gasteiger partial charge is 0.338 e. The fraction of sp³-hybridized carbons (Fsp3) is 0.462. The van der Waals surface area contributed by atoms with Crippen LogP contribution in [0.4, 0.5) is 10.1 Å². The summed E-state index contributed by atoms with van der Waals surface area (Å²) >= 11 is 0. The minimum absolute atomic E-state index is 0.00311. The second-order valence-corrected chi connectivity index (χ2v) is 4.85. The van der Waals surface area contributed by atoms with Crippen LogP contribution in [0.25, 0.3) is 0 Å². The van der Waals surface area contributed by atoms with E-state index in [9.17, 15) is 19.3 Å². The third-order valence-corrected chi connectivity index (χ3v) is 3.38. The molecule has 1 fully saturated rings. The van der Waals surface area contributed by atoms with Gasteiger partial charge in [-0.25, -0.2) is 0 Å². The van der Waals surface area contributed by atoms with Crippen molar-refractivity contribution in [1.82, 2.24) is 4.90 Å². The zero-order valence-corrected chi connectivity index (χ0v) is 10.6. The molecule has 0 saturated carbocycles. The van der Waals surface area contributed by atoms with Crippen molar-refractivity contribution in [1.29, 1.82) is 0 Å². The van der Waals surface area contributed by atoms with E-state index in [-0.39, 0.29) is 11.8 Å². The molecule has 2 rings (SSSR count). The minimum atomic E-state index is -0.861. The van der Waals surface area contributed by atoms with Crippen LogP contribution in [0.1, 0.15) is 25.3 Å². The van der Waals surface area contributed by atoms with Gasteiger partial charge in [-0.1, -0.05) is 13.0 Å². The molecule has 102 valence electrons. The minimum Gasteiger partial charge on any atom is -0.338 e. The summed E-state index contributed by atoms with van der Waals surface area (Å²) in [6.07, 6.45) is 1.81. The smallest absolute Gasteiger partial charge is 0.304 e. The second kappa shape index (κ2) is 5.34. The molecule has 0 aliphatic carbocycles. The van der Waals surface area contributed by atoms with Gasteiger partial charge in [0.05, 0.1) is 4.92 Å². The Morgan fingerprint density at radius 3 is 2.89 bits per heavy atom. The maximum atomic E-state index is 13.5. The molecule has 0 aromatic heterocycles. The molecule has 1 aliphatic heterocycles. The maximum Gasteiger partial charge on any atom is 0.304 e. The molecule has 1 aliphatic rings. The van der Waals surface area contributed by atoms with Gasteiger partial charge in [0.25, 0.3) is 0 Å². The topological polar surface area (TPSA) is 63.4 Å². The Morgan fingerprint density at radius 2 is 2.26 bits per heavy atom. The maximum absolute atomic E-state index is 13.5. The van der Waals surface area contributed by atoms with Gasteiger partial charge in [-0.2, -0.15) is 4.39 Å². The number of nitro groups is 1. The van der Waals surface area contributed by atoms with E-state index in [0.717, 1.165) is 25.0 Å². The lowest BCUT2D eigenvalue weighted by Crippen LogP contribution is -2.39. The van der Waals surface area contributed by atoms with Crippen molar-refractivity contribution < 1.29 is 14.1 Å². The summed E-state index contributed by atoms with van der Waals surface area (Å²) in [5.74, 6) is -0.804. The summed E-state index contributed by atoms with van der Waals surface area (Å²) in [6.45, 7) is 2.84. The van der Waals surface area contributed by atoms with Gasteiger partial charge in [0, 0.05) is 25.1 Å². The number of benzene rings is 1. The average molecular weight is 266 g/mol. The third-order valence-electron chi connectivity index (χ3n) is 3.38. The van der Waals surface area contributed by atoms with Crippen LogP contribution in [0.2, 0.25) is 0 Å². The molecule has 1 aromatic rings. The van der Waals surface area contributed by atoms with Crippen molar-refractivity contribution in [2.75, 3.05) is 6.54 Å². The summed E-state index contributed by atoms with van der Waals surface area (Å²) in [7, 11) is 0. The number of nitro benzene ring substituents is 1. The number of piperidine rings is 1. The quantitative estimate of drug-likeness (QED) is 0.623. The average Bonchev–Trinajstić information content (AvgIpc) is 2.34. The third kappa shape index (κ3) is 2.89. The van der Waals surface area contributed by atoms with Gasteiger partial charge in [-0.3, -0.25) is 14.9 Å². The standard InChI is InChI=1S/C13H15FN2O3/c1-9-3-2-6-15(13(9)17)8-10-4-5-12(16(18)19)11(14)7-10/h4-5,7,9H,2-3,6,8H2,1H3. The van der Waals surface area contributed by atoms with Crippen LogP contribution < -0.4 is 0 Å². The Kier molecular flexibility index (Phi) is 3.78. The summed E-state index contributed by atoms with van der Waals surface area (Å²) in [5, 5.41) is 10.5. The predicted molar refractivity (Wildman–Crippen MR) is 66.9 cm³/mol. The zero-order chi connectivity index (χ0) is 14.0. The van der Waals surface area contributed by atoms with Crippen molar-refractivity contribution in [2.45, 2.75) is 26.3 Å². The molecule has 1 unspecified atom stereocenters. The highest BCUT2D eigenvalue weighted by atomic mass is 19.1. The van der Waals surface area contributed by atoms with Crippen LogP contribution in [0, 0.1) is 21.8 Å². The van der Waals surface area contributed by atoms with Crippen molar-refractivity contribution in [3.63, 3.8) is 0 Å². The van der Waals surface area contributed by atoms with Gasteiger partial charge in [-0.15, -0.1) is 0 Å². The normalized spacial score (nSPS) is 19.6. The Morgan fingerprint density at radius 1 is 1.53 bits per heavy atom. The molecule has 0 spiro atoms. The first kappa shape index (κ1) is 13.5. The van der Waals surface area contributed by atoms with Gasteiger partial charge < -0.3 is 4.90 Å². The number of amides is 1. The lowest BCUT2D eigenvalue weighted by molar-refractivity contribution is -0.387. The predicted octanol–water partition coefficient (Wildman–Crippen LogP) is 2.49. The van der Waals surface area contributed by atoms with E-state index in [2.05, 4.69) is 0 Å². The van der Waals surface area contributed by atoms with Gasteiger partial charge >= 0.3 is 5.69 Å². The van der Waals surface area contributed by atoms with Crippen molar-refractivity contribution >= 4 is 11.6 Å². The van der Waals surface area contributed by atoms with Crippen molar-refractivity contribution in [2.24, 2.45) is 5.92 Å². The number of rotatable bonds is 3. The fourth-order valence-corrected chi connectivity index (χ4v) is 2.31. The SMILES string of the molecule is CC1CCCN(Cc2ccc([N+](=O)[O-])c(F)c2)C1=O.